The lowest BCUT2D eigenvalue weighted by molar-refractivity contribution is 0.00374. The number of nitrogens with two attached hydrogens (primary N) is 1. The number of methoxy groups -OCH3 is 1. The predicted molar refractivity (Wildman–Crippen MR) is 82.3 cm³/mol. The Balaban J connectivity index is 1.88. The van der Waals surface area contributed by atoms with E-state index in [1.807, 2.05) is 55.5 Å². The van der Waals surface area contributed by atoms with Gasteiger partial charge in [0.15, 0.2) is 18.3 Å². The van der Waals surface area contributed by atoms with Crippen molar-refractivity contribution in [3.63, 3.8) is 0 Å². The van der Waals surface area contributed by atoms with E-state index in [0.717, 1.165) is 11.1 Å². The second-order valence-corrected chi connectivity index (χ2v) is 4.80. The summed E-state index contributed by atoms with van der Waals surface area (Å²) >= 11 is 0. The van der Waals surface area contributed by atoms with Crippen LogP contribution in [0.5, 0.6) is 11.5 Å². The van der Waals surface area contributed by atoms with Crippen molar-refractivity contribution in [1.29, 1.82) is 0 Å². The third-order valence-electron chi connectivity index (χ3n) is 3.12. The third-order valence-corrected chi connectivity index (χ3v) is 3.12. The summed E-state index contributed by atoms with van der Waals surface area (Å²) in [6.07, 6.45) is 0. The van der Waals surface area contributed by atoms with Crippen LogP contribution in [0.2, 0.25) is 0 Å². The summed E-state index contributed by atoms with van der Waals surface area (Å²) in [4.78, 5) is 0. The van der Waals surface area contributed by atoms with E-state index in [9.17, 15) is 0 Å². The molecule has 0 aromatic heterocycles. The molecule has 0 aliphatic heterocycles. The molecule has 112 valence electrons. The first-order valence-corrected chi connectivity index (χ1v) is 6.88. The molecule has 21 heavy (non-hydrogen) atoms. The second-order valence-electron chi connectivity index (χ2n) is 4.80. The van der Waals surface area contributed by atoms with Crippen LogP contribution in [0.4, 0.5) is 0 Å². The molecule has 0 fully saturated rings. The summed E-state index contributed by atoms with van der Waals surface area (Å²) in [7, 11) is 1.61. The largest absolute Gasteiger partial charge is 0.493 e. The Morgan fingerprint density at radius 1 is 1.05 bits per heavy atom. The lowest BCUT2D eigenvalue weighted by Gasteiger charge is -2.13. The fourth-order valence-electron chi connectivity index (χ4n) is 1.93. The SMILES string of the molecule is COc1cc([C@@H](C)N)ccc1OCOCc1ccccc1. The van der Waals surface area contributed by atoms with Gasteiger partial charge in [-0.25, -0.2) is 0 Å². The molecule has 0 unspecified atom stereocenters. The van der Waals surface area contributed by atoms with E-state index in [2.05, 4.69) is 0 Å². The first-order chi connectivity index (χ1) is 10.2. The molecule has 2 N–H and O–H groups in total. The van der Waals surface area contributed by atoms with Crippen molar-refractivity contribution in [3.05, 3.63) is 59.7 Å². The van der Waals surface area contributed by atoms with Crippen molar-refractivity contribution in [3.8, 4) is 11.5 Å². The van der Waals surface area contributed by atoms with Gasteiger partial charge in [0.05, 0.1) is 13.7 Å². The highest BCUT2D eigenvalue weighted by molar-refractivity contribution is 5.43. The zero-order valence-electron chi connectivity index (χ0n) is 12.4. The molecule has 0 spiro atoms. The number of benzene rings is 2. The molecule has 0 amide bonds. The maximum Gasteiger partial charge on any atom is 0.189 e. The van der Waals surface area contributed by atoms with Gasteiger partial charge in [-0.2, -0.15) is 0 Å². The first-order valence-electron chi connectivity index (χ1n) is 6.88. The Morgan fingerprint density at radius 3 is 2.48 bits per heavy atom. The van der Waals surface area contributed by atoms with E-state index in [4.69, 9.17) is 19.9 Å². The molecule has 1 atom stereocenters. The van der Waals surface area contributed by atoms with E-state index >= 15 is 0 Å². The number of rotatable bonds is 7. The highest BCUT2D eigenvalue weighted by Crippen LogP contribution is 2.29. The summed E-state index contributed by atoms with van der Waals surface area (Å²) in [5.74, 6) is 1.31. The molecule has 0 aliphatic carbocycles. The van der Waals surface area contributed by atoms with Gasteiger partial charge in [-0.1, -0.05) is 36.4 Å². The van der Waals surface area contributed by atoms with Gasteiger partial charge in [0.2, 0.25) is 0 Å². The zero-order valence-corrected chi connectivity index (χ0v) is 12.4. The number of hydrogen-bond donors (Lipinski definition) is 1. The second kappa shape index (κ2) is 7.67. The van der Waals surface area contributed by atoms with E-state index in [1.165, 1.54) is 0 Å². The molecule has 2 rings (SSSR count). The van der Waals surface area contributed by atoms with Gasteiger partial charge in [-0.05, 0) is 30.2 Å². The smallest absolute Gasteiger partial charge is 0.189 e. The molecule has 4 heteroatoms. The van der Waals surface area contributed by atoms with Crippen LogP contribution >= 0.6 is 0 Å². The minimum atomic E-state index is -0.0396. The number of ether oxygens (including phenoxy) is 3. The molecule has 0 saturated carbocycles. The van der Waals surface area contributed by atoms with E-state index in [-0.39, 0.29) is 12.8 Å². The van der Waals surface area contributed by atoms with Crippen LogP contribution in [0.1, 0.15) is 24.1 Å². The van der Waals surface area contributed by atoms with Gasteiger partial charge < -0.3 is 19.9 Å². The van der Waals surface area contributed by atoms with Crippen molar-refractivity contribution in [1.82, 2.24) is 0 Å². The topological polar surface area (TPSA) is 53.7 Å². The molecule has 0 saturated heterocycles. The summed E-state index contributed by atoms with van der Waals surface area (Å²) in [5, 5.41) is 0. The minimum absolute atomic E-state index is 0.0396. The molecule has 4 nitrogen and oxygen atoms in total. The van der Waals surface area contributed by atoms with Gasteiger partial charge in [0, 0.05) is 6.04 Å². The van der Waals surface area contributed by atoms with Crippen molar-refractivity contribution < 1.29 is 14.2 Å². The van der Waals surface area contributed by atoms with Crippen LogP contribution in [0.15, 0.2) is 48.5 Å². The Bertz CT molecular complexity index is 555. The van der Waals surface area contributed by atoms with Crippen LogP contribution in [0.25, 0.3) is 0 Å². The van der Waals surface area contributed by atoms with Crippen molar-refractivity contribution in [2.45, 2.75) is 19.6 Å². The molecule has 0 aliphatic rings. The standard InChI is InChI=1S/C17H21NO3/c1-13(18)15-8-9-16(17(10-15)19-2)21-12-20-11-14-6-4-3-5-7-14/h3-10,13H,11-12,18H2,1-2H3/t13-/m1/s1. The molecule has 2 aromatic rings. The molecule has 2 aromatic carbocycles. The lowest BCUT2D eigenvalue weighted by atomic mass is 10.1. The Morgan fingerprint density at radius 2 is 1.81 bits per heavy atom. The first kappa shape index (κ1) is 15.4. The summed E-state index contributed by atoms with van der Waals surface area (Å²) in [5.41, 5.74) is 7.97. The molecule has 0 heterocycles. The summed E-state index contributed by atoms with van der Waals surface area (Å²) < 4.78 is 16.4. The average molecular weight is 287 g/mol. The third kappa shape index (κ3) is 4.48. The van der Waals surface area contributed by atoms with Crippen molar-refractivity contribution >= 4 is 0 Å². The molecular weight excluding hydrogens is 266 g/mol. The Labute approximate surface area is 125 Å². The van der Waals surface area contributed by atoms with Crippen LogP contribution in [-0.4, -0.2) is 13.9 Å². The minimum Gasteiger partial charge on any atom is -0.493 e. The molecular formula is C17H21NO3. The molecule has 0 radical (unpaired) electrons. The lowest BCUT2D eigenvalue weighted by Crippen LogP contribution is -2.07. The Kier molecular flexibility index (Phi) is 5.60. The summed E-state index contributed by atoms with van der Waals surface area (Å²) in [6.45, 7) is 2.61. The van der Waals surface area contributed by atoms with Gasteiger partial charge >= 0.3 is 0 Å². The van der Waals surface area contributed by atoms with Crippen molar-refractivity contribution in [2.75, 3.05) is 13.9 Å². The average Bonchev–Trinajstić information content (AvgIpc) is 2.52. The van der Waals surface area contributed by atoms with Crippen LogP contribution < -0.4 is 15.2 Å². The number of hydrogen-bond acceptors (Lipinski definition) is 4. The molecule has 0 bridgehead atoms. The van der Waals surface area contributed by atoms with Gasteiger partial charge in [0.1, 0.15) is 0 Å². The van der Waals surface area contributed by atoms with Crippen LogP contribution in [0.3, 0.4) is 0 Å². The zero-order chi connectivity index (χ0) is 15.1. The predicted octanol–water partition coefficient (Wildman–Crippen LogP) is 3.27. The van der Waals surface area contributed by atoms with Gasteiger partial charge in [-0.3, -0.25) is 0 Å². The normalized spacial score (nSPS) is 12.0. The van der Waals surface area contributed by atoms with Gasteiger partial charge in [0.25, 0.3) is 0 Å². The van der Waals surface area contributed by atoms with Crippen LogP contribution in [0, 0.1) is 0 Å². The highest BCUT2D eigenvalue weighted by atomic mass is 16.7. The van der Waals surface area contributed by atoms with E-state index < -0.39 is 0 Å². The van der Waals surface area contributed by atoms with Gasteiger partial charge in [-0.15, -0.1) is 0 Å². The fourth-order valence-corrected chi connectivity index (χ4v) is 1.93. The van der Waals surface area contributed by atoms with Crippen molar-refractivity contribution in [2.24, 2.45) is 5.73 Å². The maximum atomic E-state index is 5.85. The Hall–Kier alpha value is -2.04. The van der Waals surface area contributed by atoms with Crippen LogP contribution in [-0.2, 0) is 11.3 Å². The summed E-state index contributed by atoms with van der Waals surface area (Å²) in [6, 6.07) is 15.6. The monoisotopic (exact) mass is 287 g/mol. The maximum absolute atomic E-state index is 5.85. The highest BCUT2D eigenvalue weighted by Gasteiger charge is 2.08. The van der Waals surface area contributed by atoms with E-state index in [0.29, 0.717) is 18.1 Å². The fraction of sp³-hybridized carbons (Fsp3) is 0.294. The quantitative estimate of drug-likeness (QED) is 0.627. The van der Waals surface area contributed by atoms with E-state index in [1.54, 1.807) is 7.11 Å².